The standard InChI is InChI=1S/C17H22N6O2/c24-23(25)14-7-4-9-18-17(14)21-10-5-6-13(12-21)16-20-19-15-8-2-1-3-11-22(15)16/h4,7,9,13H,1-3,5-6,8,10-12H2. The average Bonchev–Trinajstić information content (AvgIpc) is 2.90. The third-order valence-corrected chi connectivity index (χ3v) is 5.19. The molecule has 0 radical (unpaired) electrons. The minimum atomic E-state index is -0.352. The van der Waals surface area contributed by atoms with Gasteiger partial charge in [-0.05, 0) is 31.7 Å². The first-order valence-electron chi connectivity index (χ1n) is 9.00. The Hall–Kier alpha value is -2.51. The monoisotopic (exact) mass is 342 g/mol. The van der Waals surface area contributed by atoms with Crippen molar-refractivity contribution in [2.24, 2.45) is 0 Å². The zero-order valence-corrected chi connectivity index (χ0v) is 14.2. The van der Waals surface area contributed by atoms with Gasteiger partial charge in [-0.1, -0.05) is 6.42 Å². The Balaban J connectivity index is 1.60. The van der Waals surface area contributed by atoms with Crippen molar-refractivity contribution >= 4 is 11.5 Å². The lowest BCUT2D eigenvalue weighted by Gasteiger charge is -2.32. The molecule has 0 amide bonds. The van der Waals surface area contributed by atoms with Crippen LogP contribution in [0.15, 0.2) is 18.3 Å². The quantitative estimate of drug-likeness (QED) is 0.629. The molecule has 0 saturated carbocycles. The molecule has 1 atom stereocenters. The molecule has 2 aliphatic heterocycles. The van der Waals surface area contributed by atoms with Crippen LogP contribution < -0.4 is 4.90 Å². The Kier molecular flexibility index (Phi) is 4.33. The van der Waals surface area contributed by atoms with Crippen molar-refractivity contribution in [3.63, 3.8) is 0 Å². The number of hydrogen-bond donors (Lipinski definition) is 0. The number of nitrogens with zero attached hydrogens (tertiary/aromatic N) is 6. The molecule has 0 spiro atoms. The molecule has 2 aromatic rings. The number of pyridine rings is 1. The van der Waals surface area contributed by atoms with E-state index in [0.29, 0.717) is 12.4 Å². The first-order valence-corrected chi connectivity index (χ1v) is 9.00. The van der Waals surface area contributed by atoms with Gasteiger partial charge in [0, 0.05) is 44.2 Å². The van der Waals surface area contributed by atoms with Gasteiger partial charge in [-0.25, -0.2) is 4.98 Å². The maximum absolute atomic E-state index is 11.3. The van der Waals surface area contributed by atoms with E-state index < -0.39 is 0 Å². The van der Waals surface area contributed by atoms with Crippen LogP contribution in [0.5, 0.6) is 0 Å². The van der Waals surface area contributed by atoms with Gasteiger partial charge in [0.2, 0.25) is 5.82 Å². The van der Waals surface area contributed by atoms with Gasteiger partial charge in [0.15, 0.2) is 0 Å². The molecule has 2 aromatic heterocycles. The van der Waals surface area contributed by atoms with E-state index in [0.717, 1.165) is 44.0 Å². The van der Waals surface area contributed by atoms with Crippen molar-refractivity contribution in [3.05, 3.63) is 40.1 Å². The number of nitro groups is 1. The minimum Gasteiger partial charge on any atom is -0.350 e. The molecule has 8 nitrogen and oxygen atoms in total. The van der Waals surface area contributed by atoms with Crippen molar-refractivity contribution in [2.45, 2.75) is 51.0 Å². The normalized spacial score (nSPS) is 20.8. The third-order valence-electron chi connectivity index (χ3n) is 5.19. The summed E-state index contributed by atoms with van der Waals surface area (Å²) < 4.78 is 2.29. The lowest BCUT2D eigenvalue weighted by atomic mass is 9.97. The van der Waals surface area contributed by atoms with Crippen molar-refractivity contribution in [2.75, 3.05) is 18.0 Å². The third kappa shape index (κ3) is 3.08. The number of piperidine rings is 1. The number of aryl methyl sites for hydroxylation is 1. The molecule has 0 N–H and O–H groups in total. The summed E-state index contributed by atoms with van der Waals surface area (Å²) in [6, 6.07) is 3.14. The summed E-state index contributed by atoms with van der Waals surface area (Å²) in [6.45, 7) is 2.48. The van der Waals surface area contributed by atoms with Crippen LogP contribution in [0, 0.1) is 10.1 Å². The van der Waals surface area contributed by atoms with E-state index in [9.17, 15) is 10.1 Å². The molecule has 25 heavy (non-hydrogen) atoms. The van der Waals surface area contributed by atoms with Crippen LogP contribution in [0.2, 0.25) is 0 Å². The van der Waals surface area contributed by atoms with Crippen LogP contribution in [0.3, 0.4) is 0 Å². The summed E-state index contributed by atoms with van der Waals surface area (Å²) in [5.41, 5.74) is 0.0724. The van der Waals surface area contributed by atoms with Gasteiger partial charge in [0.05, 0.1) is 4.92 Å². The number of anilines is 1. The smallest absolute Gasteiger partial charge is 0.311 e. The average molecular weight is 342 g/mol. The molecule has 8 heteroatoms. The van der Waals surface area contributed by atoms with Gasteiger partial charge >= 0.3 is 5.69 Å². The molecule has 1 unspecified atom stereocenters. The van der Waals surface area contributed by atoms with Crippen LogP contribution in [-0.4, -0.2) is 37.8 Å². The number of rotatable bonds is 3. The SMILES string of the molecule is O=[N+]([O-])c1cccnc1N1CCCC(c2nnc3n2CCCCC3)C1. The van der Waals surface area contributed by atoms with E-state index >= 15 is 0 Å². The summed E-state index contributed by atoms with van der Waals surface area (Å²) in [6.07, 6.45) is 8.20. The van der Waals surface area contributed by atoms with Gasteiger partial charge in [0.25, 0.3) is 0 Å². The Labute approximate surface area is 146 Å². The van der Waals surface area contributed by atoms with Crippen molar-refractivity contribution in [1.29, 1.82) is 0 Å². The highest BCUT2D eigenvalue weighted by Gasteiger charge is 2.30. The van der Waals surface area contributed by atoms with Gasteiger partial charge < -0.3 is 9.47 Å². The molecule has 0 bridgehead atoms. The summed E-state index contributed by atoms with van der Waals surface area (Å²) >= 11 is 0. The molecule has 2 aliphatic rings. The summed E-state index contributed by atoms with van der Waals surface area (Å²) in [7, 11) is 0. The Morgan fingerprint density at radius 1 is 1.16 bits per heavy atom. The molecule has 4 rings (SSSR count). The van der Waals surface area contributed by atoms with Crippen LogP contribution in [0.4, 0.5) is 11.5 Å². The summed E-state index contributed by atoms with van der Waals surface area (Å²) in [5, 5.41) is 20.2. The van der Waals surface area contributed by atoms with Crippen molar-refractivity contribution in [3.8, 4) is 0 Å². The molecule has 0 aliphatic carbocycles. The first kappa shape index (κ1) is 16.0. The second kappa shape index (κ2) is 6.78. The predicted molar refractivity (Wildman–Crippen MR) is 92.7 cm³/mol. The van der Waals surface area contributed by atoms with Gasteiger partial charge in [-0.3, -0.25) is 10.1 Å². The second-order valence-corrected chi connectivity index (χ2v) is 6.83. The van der Waals surface area contributed by atoms with Gasteiger partial charge in [-0.15, -0.1) is 10.2 Å². The molecule has 0 aromatic carbocycles. The van der Waals surface area contributed by atoms with Gasteiger partial charge in [-0.2, -0.15) is 0 Å². The fraction of sp³-hybridized carbons (Fsp3) is 0.588. The zero-order valence-electron chi connectivity index (χ0n) is 14.2. The zero-order chi connectivity index (χ0) is 17.2. The fourth-order valence-corrected chi connectivity index (χ4v) is 3.96. The van der Waals surface area contributed by atoms with Crippen molar-refractivity contribution in [1.82, 2.24) is 19.7 Å². The van der Waals surface area contributed by atoms with E-state index in [2.05, 4.69) is 19.7 Å². The van der Waals surface area contributed by atoms with E-state index in [1.54, 1.807) is 12.3 Å². The van der Waals surface area contributed by atoms with Crippen molar-refractivity contribution < 1.29 is 4.92 Å². The van der Waals surface area contributed by atoms with E-state index in [-0.39, 0.29) is 16.5 Å². The Bertz CT molecular complexity index is 774. The number of fused-ring (bicyclic) bond motifs is 1. The predicted octanol–water partition coefficient (Wildman–Crippen LogP) is 2.69. The number of hydrogen-bond acceptors (Lipinski definition) is 6. The highest BCUT2D eigenvalue weighted by Crippen LogP contribution is 2.33. The lowest BCUT2D eigenvalue weighted by Crippen LogP contribution is -2.36. The largest absolute Gasteiger partial charge is 0.350 e. The van der Waals surface area contributed by atoms with Crippen LogP contribution in [-0.2, 0) is 13.0 Å². The fourth-order valence-electron chi connectivity index (χ4n) is 3.96. The van der Waals surface area contributed by atoms with Crippen LogP contribution >= 0.6 is 0 Å². The number of aromatic nitrogens is 4. The Morgan fingerprint density at radius 3 is 2.96 bits per heavy atom. The minimum absolute atomic E-state index is 0.0724. The van der Waals surface area contributed by atoms with Crippen LogP contribution in [0.1, 0.15) is 49.7 Å². The molecular formula is C17H22N6O2. The molecule has 4 heterocycles. The van der Waals surface area contributed by atoms with Crippen LogP contribution in [0.25, 0.3) is 0 Å². The summed E-state index contributed by atoms with van der Waals surface area (Å²) in [4.78, 5) is 17.3. The molecule has 132 valence electrons. The Morgan fingerprint density at radius 2 is 2.08 bits per heavy atom. The van der Waals surface area contributed by atoms with E-state index in [4.69, 9.17) is 0 Å². The molecule has 1 fully saturated rings. The molecule has 1 saturated heterocycles. The first-order chi connectivity index (χ1) is 12.2. The molecular weight excluding hydrogens is 320 g/mol. The second-order valence-electron chi connectivity index (χ2n) is 6.83. The highest BCUT2D eigenvalue weighted by molar-refractivity contribution is 5.57. The highest BCUT2D eigenvalue weighted by atomic mass is 16.6. The maximum Gasteiger partial charge on any atom is 0.311 e. The van der Waals surface area contributed by atoms with E-state index in [1.807, 2.05) is 4.90 Å². The topological polar surface area (TPSA) is 90.0 Å². The lowest BCUT2D eigenvalue weighted by molar-refractivity contribution is -0.384. The van der Waals surface area contributed by atoms with E-state index in [1.165, 1.54) is 25.3 Å². The van der Waals surface area contributed by atoms with Gasteiger partial charge in [0.1, 0.15) is 11.6 Å². The summed E-state index contributed by atoms with van der Waals surface area (Å²) in [5.74, 6) is 2.84. The maximum atomic E-state index is 11.3.